The number of amides is 1. The first kappa shape index (κ1) is 21.7. The Morgan fingerprint density at radius 3 is 2.79 bits per heavy atom. The lowest BCUT2D eigenvalue weighted by atomic mass is 10.1. The van der Waals surface area contributed by atoms with Crippen molar-refractivity contribution < 1.29 is 18.4 Å². The van der Waals surface area contributed by atoms with Crippen LogP contribution in [-0.4, -0.2) is 30.8 Å². The number of carbonyl (C=O) groups excluding carboxylic acids is 1. The van der Waals surface area contributed by atoms with E-state index in [0.717, 1.165) is 38.1 Å². The fourth-order valence-electron chi connectivity index (χ4n) is 3.90. The van der Waals surface area contributed by atoms with Gasteiger partial charge in [-0.25, -0.2) is 4.39 Å². The highest BCUT2D eigenvalue weighted by Gasteiger charge is 2.18. The van der Waals surface area contributed by atoms with Gasteiger partial charge < -0.3 is 19.1 Å². The van der Waals surface area contributed by atoms with Crippen molar-refractivity contribution in [1.82, 2.24) is 24.9 Å². The number of anilines is 1. The van der Waals surface area contributed by atoms with Crippen LogP contribution < -0.4 is 10.1 Å². The Labute approximate surface area is 195 Å². The first-order valence-corrected chi connectivity index (χ1v) is 11.1. The van der Waals surface area contributed by atoms with Crippen molar-refractivity contribution >= 4 is 11.6 Å². The summed E-state index contributed by atoms with van der Waals surface area (Å²) in [5, 5.41) is 15.0. The lowest BCUT2D eigenvalue weighted by molar-refractivity contribution is 0.102. The lowest BCUT2D eigenvalue weighted by Gasteiger charge is -2.11. The summed E-state index contributed by atoms with van der Waals surface area (Å²) in [5.41, 5.74) is 1.16. The predicted octanol–water partition coefficient (Wildman–Crippen LogP) is 4.33. The van der Waals surface area contributed by atoms with Gasteiger partial charge in [0.15, 0.2) is 12.4 Å². The number of benzene rings is 2. The standard InChI is InChI=1S/C24H23FN6O3/c1-15-26-21(30-34-15)14-33-18-9-6-16(7-10-18)24(32)27-20-13-17(8-11-19(20)25)23-29-28-22-5-3-2-4-12-31(22)23/h6-11,13H,2-5,12,14H2,1H3,(H,27,32). The third kappa shape index (κ3) is 4.66. The molecule has 0 radical (unpaired) electrons. The van der Waals surface area contributed by atoms with Crippen LogP contribution in [0.1, 0.15) is 47.2 Å². The molecule has 3 heterocycles. The Kier molecular flexibility index (Phi) is 6.03. The summed E-state index contributed by atoms with van der Waals surface area (Å²) in [7, 11) is 0. The van der Waals surface area contributed by atoms with Crippen LogP contribution in [0, 0.1) is 12.7 Å². The van der Waals surface area contributed by atoms with Crippen LogP contribution in [0.4, 0.5) is 10.1 Å². The number of nitrogens with zero attached hydrogens (tertiary/aromatic N) is 5. The molecular weight excluding hydrogens is 439 g/mol. The van der Waals surface area contributed by atoms with Gasteiger partial charge in [0.05, 0.1) is 5.69 Å². The van der Waals surface area contributed by atoms with Gasteiger partial charge in [-0.2, -0.15) is 4.98 Å². The predicted molar refractivity (Wildman–Crippen MR) is 121 cm³/mol. The van der Waals surface area contributed by atoms with E-state index in [2.05, 4.69) is 30.2 Å². The van der Waals surface area contributed by atoms with E-state index in [-0.39, 0.29) is 12.3 Å². The molecule has 1 N–H and O–H groups in total. The Balaban J connectivity index is 1.29. The van der Waals surface area contributed by atoms with Crippen molar-refractivity contribution in [2.24, 2.45) is 0 Å². The average Bonchev–Trinajstić information content (AvgIpc) is 3.37. The maximum atomic E-state index is 14.5. The van der Waals surface area contributed by atoms with E-state index in [1.165, 1.54) is 6.07 Å². The number of carbonyl (C=O) groups is 1. The number of nitrogens with one attached hydrogen (secondary N) is 1. The summed E-state index contributed by atoms with van der Waals surface area (Å²) >= 11 is 0. The average molecular weight is 462 g/mol. The Morgan fingerprint density at radius 2 is 2.00 bits per heavy atom. The zero-order valence-corrected chi connectivity index (χ0v) is 18.6. The van der Waals surface area contributed by atoms with Crippen LogP contribution in [-0.2, 0) is 19.6 Å². The lowest BCUT2D eigenvalue weighted by Crippen LogP contribution is -2.13. The van der Waals surface area contributed by atoms with E-state index in [0.29, 0.717) is 34.4 Å². The first-order valence-electron chi connectivity index (χ1n) is 11.1. The molecule has 0 saturated carbocycles. The summed E-state index contributed by atoms with van der Waals surface area (Å²) in [6.45, 7) is 2.67. The molecule has 0 unspecified atom stereocenters. The second kappa shape index (κ2) is 9.42. The number of aryl methyl sites for hydroxylation is 2. The van der Waals surface area contributed by atoms with Crippen LogP contribution in [0.15, 0.2) is 47.0 Å². The van der Waals surface area contributed by atoms with E-state index in [9.17, 15) is 9.18 Å². The fourth-order valence-corrected chi connectivity index (χ4v) is 3.90. The highest BCUT2D eigenvalue weighted by molar-refractivity contribution is 6.04. The molecule has 0 atom stereocenters. The molecule has 4 aromatic rings. The van der Waals surface area contributed by atoms with Gasteiger partial charge in [0, 0.05) is 31.0 Å². The third-order valence-corrected chi connectivity index (χ3v) is 5.64. The SMILES string of the molecule is Cc1nc(COc2ccc(C(=O)Nc3cc(-c4nnc5n4CCCCC5)ccc3F)cc2)no1. The second-order valence-corrected chi connectivity index (χ2v) is 8.09. The van der Waals surface area contributed by atoms with Gasteiger partial charge in [-0.3, -0.25) is 4.79 Å². The highest BCUT2D eigenvalue weighted by atomic mass is 19.1. The van der Waals surface area contributed by atoms with E-state index in [1.54, 1.807) is 43.3 Å². The summed E-state index contributed by atoms with van der Waals surface area (Å²) in [4.78, 5) is 16.8. The van der Waals surface area contributed by atoms with Crippen molar-refractivity contribution in [3.05, 3.63) is 71.4 Å². The maximum Gasteiger partial charge on any atom is 0.255 e. The third-order valence-electron chi connectivity index (χ3n) is 5.64. The number of fused-ring (bicyclic) bond motifs is 1. The smallest absolute Gasteiger partial charge is 0.255 e. The van der Waals surface area contributed by atoms with Crippen LogP contribution in [0.5, 0.6) is 5.75 Å². The Hall–Kier alpha value is -4.08. The minimum Gasteiger partial charge on any atom is -0.485 e. The molecule has 2 aromatic carbocycles. The summed E-state index contributed by atoms with van der Waals surface area (Å²) < 4.78 is 27.1. The second-order valence-electron chi connectivity index (χ2n) is 8.09. The zero-order valence-electron chi connectivity index (χ0n) is 18.6. The molecule has 1 aliphatic heterocycles. The number of halogens is 1. The molecule has 1 amide bonds. The molecule has 10 heteroatoms. The number of hydrogen-bond acceptors (Lipinski definition) is 7. The fraction of sp³-hybridized carbons (Fsp3) is 0.292. The zero-order chi connectivity index (χ0) is 23.5. The maximum absolute atomic E-state index is 14.5. The molecule has 1 aliphatic rings. The number of rotatable bonds is 6. The molecule has 174 valence electrons. The monoisotopic (exact) mass is 462 g/mol. The van der Waals surface area contributed by atoms with E-state index in [4.69, 9.17) is 9.26 Å². The molecule has 2 aromatic heterocycles. The number of hydrogen-bond donors (Lipinski definition) is 1. The van der Waals surface area contributed by atoms with Crippen molar-refractivity contribution in [1.29, 1.82) is 0 Å². The molecule has 0 aliphatic carbocycles. The van der Waals surface area contributed by atoms with Crippen LogP contribution in [0.2, 0.25) is 0 Å². The normalized spacial score (nSPS) is 13.2. The largest absolute Gasteiger partial charge is 0.485 e. The molecular formula is C24H23FN6O3. The molecule has 0 bridgehead atoms. The first-order chi connectivity index (χ1) is 16.6. The van der Waals surface area contributed by atoms with Crippen LogP contribution in [0.25, 0.3) is 11.4 Å². The van der Waals surface area contributed by atoms with E-state index < -0.39 is 11.7 Å². The van der Waals surface area contributed by atoms with Gasteiger partial charge in [0.2, 0.25) is 11.7 Å². The van der Waals surface area contributed by atoms with Crippen molar-refractivity contribution in [3.8, 4) is 17.1 Å². The quantitative estimate of drug-likeness (QED) is 0.454. The van der Waals surface area contributed by atoms with Gasteiger partial charge in [-0.15, -0.1) is 10.2 Å². The molecule has 9 nitrogen and oxygen atoms in total. The van der Waals surface area contributed by atoms with Crippen LogP contribution in [0.3, 0.4) is 0 Å². The molecule has 5 rings (SSSR count). The van der Waals surface area contributed by atoms with Gasteiger partial charge in [-0.1, -0.05) is 11.6 Å². The minimum atomic E-state index is -0.525. The molecule has 34 heavy (non-hydrogen) atoms. The van der Waals surface area contributed by atoms with Gasteiger partial charge in [0.25, 0.3) is 5.91 Å². The summed E-state index contributed by atoms with van der Waals surface area (Å²) in [5.74, 6) is 2.10. The summed E-state index contributed by atoms with van der Waals surface area (Å²) in [6, 6.07) is 11.1. The van der Waals surface area contributed by atoms with Crippen molar-refractivity contribution in [2.45, 2.75) is 45.8 Å². The van der Waals surface area contributed by atoms with Crippen molar-refractivity contribution in [2.75, 3.05) is 5.32 Å². The highest BCUT2D eigenvalue weighted by Crippen LogP contribution is 2.27. The molecule has 0 saturated heterocycles. The number of ether oxygens (including phenoxy) is 1. The number of aromatic nitrogens is 5. The van der Waals surface area contributed by atoms with E-state index >= 15 is 0 Å². The molecule has 0 fully saturated rings. The minimum absolute atomic E-state index is 0.0845. The van der Waals surface area contributed by atoms with Crippen LogP contribution >= 0.6 is 0 Å². The summed E-state index contributed by atoms with van der Waals surface area (Å²) in [6.07, 6.45) is 4.17. The van der Waals surface area contributed by atoms with E-state index in [1.807, 2.05) is 0 Å². The van der Waals surface area contributed by atoms with Gasteiger partial charge in [0.1, 0.15) is 17.4 Å². The van der Waals surface area contributed by atoms with Gasteiger partial charge >= 0.3 is 0 Å². The topological polar surface area (TPSA) is 108 Å². The van der Waals surface area contributed by atoms with Gasteiger partial charge in [-0.05, 0) is 55.3 Å². The Bertz CT molecular complexity index is 1310. The Morgan fingerprint density at radius 1 is 1.15 bits per heavy atom. The van der Waals surface area contributed by atoms with Crippen molar-refractivity contribution in [3.63, 3.8) is 0 Å². The molecule has 0 spiro atoms.